The smallest absolute Gasteiger partial charge is 0.225 e. The Kier molecular flexibility index (Phi) is 4.14. The molecule has 0 aromatic rings. The summed E-state index contributed by atoms with van der Waals surface area (Å²) >= 11 is 0. The molecular formula is C11H20N2O5S. The number of nitrogens with zero attached hydrogens (tertiary/aromatic N) is 2. The monoisotopic (exact) mass is 292 g/mol. The van der Waals surface area contributed by atoms with Gasteiger partial charge in [0.15, 0.2) is 0 Å². The first-order valence-corrected chi connectivity index (χ1v) is 8.24. The number of rotatable bonds is 2. The molecule has 0 radical (unpaired) electrons. The Morgan fingerprint density at radius 1 is 1.11 bits per heavy atom. The topological polar surface area (TPSA) is 98.2 Å². The van der Waals surface area contributed by atoms with Gasteiger partial charge in [0.25, 0.3) is 0 Å². The number of β-amino-alcohol motifs (C(OH)–C–C–N with tert-alkyl or cyclic N) is 2. The summed E-state index contributed by atoms with van der Waals surface area (Å²) in [6, 6.07) is 0. The van der Waals surface area contributed by atoms with Gasteiger partial charge in [-0.1, -0.05) is 0 Å². The van der Waals surface area contributed by atoms with Crippen LogP contribution < -0.4 is 0 Å². The summed E-state index contributed by atoms with van der Waals surface area (Å²) < 4.78 is 24.1. The lowest BCUT2D eigenvalue weighted by atomic mass is 9.97. The van der Waals surface area contributed by atoms with Gasteiger partial charge in [-0.3, -0.25) is 4.79 Å². The maximum absolute atomic E-state index is 12.2. The summed E-state index contributed by atoms with van der Waals surface area (Å²) in [5.41, 5.74) is 0. The lowest BCUT2D eigenvalue weighted by Gasteiger charge is -2.31. The van der Waals surface area contributed by atoms with Gasteiger partial charge in [0.05, 0.1) is 18.5 Å². The second kappa shape index (κ2) is 5.35. The zero-order valence-corrected chi connectivity index (χ0v) is 11.7. The highest BCUT2D eigenvalue weighted by Crippen LogP contribution is 2.23. The van der Waals surface area contributed by atoms with E-state index in [0.29, 0.717) is 25.9 Å². The number of hydrogen-bond donors (Lipinski definition) is 2. The molecule has 1 amide bonds. The Morgan fingerprint density at radius 2 is 1.58 bits per heavy atom. The number of sulfonamides is 1. The fraction of sp³-hybridized carbons (Fsp3) is 0.909. The van der Waals surface area contributed by atoms with Crippen molar-refractivity contribution in [3.8, 4) is 0 Å². The van der Waals surface area contributed by atoms with Crippen LogP contribution >= 0.6 is 0 Å². The Balaban J connectivity index is 1.90. The molecule has 19 heavy (non-hydrogen) atoms. The van der Waals surface area contributed by atoms with E-state index < -0.39 is 22.2 Å². The van der Waals surface area contributed by atoms with E-state index in [0.717, 1.165) is 0 Å². The molecule has 0 aromatic heterocycles. The molecule has 2 atom stereocenters. The van der Waals surface area contributed by atoms with E-state index >= 15 is 0 Å². The summed E-state index contributed by atoms with van der Waals surface area (Å²) in [4.78, 5) is 13.7. The van der Waals surface area contributed by atoms with Gasteiger partial charge in [0.2, 0.25) is 15.9 Å². The first-order chi connectivity index (χ1) is 8.79. The lowest BCUT2D eigenvalue weighted by molar-refractivity contribution is -0.136. The third kappa shape index (κ3) is 3.25. The Hall–Kier alpha value is -0.700. The lowest BCUT2D eigenvalue weighted by Crippen LogP contribution is -2.43. The Bertz CT molecular complexity index is 434. The second-order valence-corrected chi connectivity index (χ2v) is 7.30. The number of aliphatic hydroxyl groups excluding tert-OH is 2. The second-order valence-electron chi connectivity index (χ2n) is 5.31. The van der Waals surface area contributed by atoms with Gasteiger partial charge in [-0.2, -0.15) is 0 Å². The number of aliphatic hydroxyl groups is 2. The molecule has 0 aliphatic carbocycles. The third-order valence-electron chi connectivity index (χ3n) is 3.84. The van der Waals surface area contributed by atoms with E-state index in [1.165, 1.54) is 15.5 Å². The van der Waals surface area contributed by atoms with Crippen molar-refractivity contribution in [3.05, 3.63) is 0 Å². The minimum atomic E-state index is -3.18. The fourth-order valence-corrected chi connectivity index (χ4v) is 3.52. The van der Waals surface area contributed by atoms with Crippen molar-refractivity contribution in [2.75, 3.05) is 32.4 Å². The van der Waals surface area contributed by atoms with Crippen LogP contribution in [-0.2, 0) is 14.8 Å². The van der Waals surface area contributed by atoms with Crippen molar-refractivity contribution in [3.63, 3.8) is 0 Å². The van der Waals surface area contributed by atoms with Gasteiger partial charge < -0.3 is 15.1 Å². The number of carbonyl (C=O) groups excluding carboxylic acids is 1. The molecule has 0 spiro atoms. The molecule has 0 bridgehead atoms. The average Bonchev–Trinajstić information content (AvgIpc) is 2.68. The number of amides is 1. The summed E-state index contributed by atoms with van der Waals surface area (Å²) in [7, 11) is -3.18. The van der Waals surface area contributed by atoms with E-state index in [1.807, 2.05) is 0 Å². The van der Waals surface area contributed by atoms with Crippen LogP contribution in [0.15, 0.2) is 0 Å². The molecule has 110 valence electrons. The van der Waals surface area contributed by atoms with E-state index in [4.69, 9.17) is 0 Å². The number of carbonyl (C=O) groups is 1. The molecule has 8 heteroatoms. The van der Waals surface area contributed by atoms with E-state index in [2.05, 4.69) is 0 Å². The minimum absolute atomic E-state index is 0.0937. The molecule has 2 fully saturated rings. The predicted molar refractivity (Wildman–Crippen MR) is 67.7 cm³/mol. The van der Waals surface area contributed by atoms with Crippen LogP contribution in [0.2, 0.25) is 0 Å². The minimum Gasteiger partial charge on any atom is -0.388 e. The zero-order chi connectivity index (χ0) is 14.2. The Morgan fingerprint density at radius 3 is 2.00 bits per heavy atom. The van der Waals surface area contributed by atoms with Gasteiger partial charge in [-0.25, -0.2) is 12.7 Å². The third-order valence-corrected chi connectivity index (χ3v) is 5.15. The molecule has 2 heterocycles. The van der Waals surface area contributed by atoms with Gasteiger partial charge in [0.1, 0.15) is 0 Å². The van der Waals surface area contributed by atoms with Crippen molar-refractivity contribution < 1.29 is 23.4 Å². The summed E-state index contributed by atoms with van der Waals surface area (Å²) in [6.45, 7) is 1.03. The average molecular weight is 292 g/mol. The summed E-state index contributed by atoms with van der Waals surface area (Å²) in [5.74, 6) is -0.306. The van der Waals surface area contributed by atoms with Gasteiger partial charge in [0, 0.05) is 32.1 Å². The number of hydrogen-bond acceptors (Lipinski definition) is 5. The molecule has 2 saturated heterocycles. The van der Waals surface area contributed by atoms with Crippen LogP contribution in [0.25, 0.3) is 0 Å². The SMILES string of the molecule is CS(=O)(=O)N1CCC(C(=O)N2CC(O)C(O)C2)CC1. The molecular weight excluding hydrogens is 272 g/mol. The zero-order valence-electron chi connectivity index (χ0n) is 10.9. The number of piperidine rings is 1. The molecule has 2 rings (SSSR count). The molecule has 0 saturated carbocycles. The largest absolute Gasteiger partial charge is 0.388 e. The van der Waals surface area contributed by atoms with E-state index in [-0.39, 0.29) is 24.9 Å². The molecule has 2 unspecified atom stereocenters. The molecule has 2 aliphatic heterocycles. The standard InChI is InChI=1S/C11H20N2O5S/c1-19(17,18)13-4-2-8(3-5-13)11(16)12-6-9(14)10(15)7-12/h8-10,14-15H,2-7H2,1H3. The highest BCUT2D eigenvalue weighted by atomic mass is 32.2. The van der Waals surface area contributed by atoms with Crippen molar-refractivity contribution >= 4 is 15.9 Å². The molecule has 2 N–H and O–H groups in total. The van der Waals surface area contributed by atoms with Crippen molar-refractivity contribution in [2.45, 2.75) is 25.0 Å². The highest BCUT2D eigenvalue weighted by molar-refractivity contribution is 7.88. The molecule has 7 nitrogen and oxygen atoms in total. The molecule has 0 aromatic carbocycles. The van der Waals surface area contributed by atoms with Gasteiger partial charge in [-0.05, 0) is 12.8 Å². The van der Waals surface area contributed by atoms with Crippen molar-refractivity contribution in [1.82, 2.24) is 9.21 Å². The fourth-order valence-electron chi connectivity index (χ4n) is 2.64. The maximum Gasteiger partial charge on any atom is 0.225 e. The normalized spacial score (nSPS) is 30.8. The van der Waals surface area contributed by atoms with E-state index in [9.17, 15) is 23.4 Å². The van der Waals surface area contributed by atoms with E-state index in [1.54, 1.807) is 0 Å². The van der Waals surface area contributed by atoms with Crippen LogP contribution in [-0.4, -0.2) is 78.4 Å². The quantitative estimate of drug-likeness (QED) is 0.627. The summed E-state index contributed by atoms with van der Waals surface area (Å²) in [6.07, 6.45) is 0.408. The maximum atomic E-state index is 12.2. The first kappa shape index (κ1) is 14.7. The molecule has 2 aliphatic rings. The van der Waals surface area contributed by atoms with Crippen molar-refractivity contribution in [2.24, 2.45) is 5.92 Å². The highest BCUT2D eigenvalue weighted by Gasteiger charge is 2.37. The summed E-state index contributed by atoms with van der Waals surface area (Å²) in [5, 5.41) is 18.9. The van der Waals surface area contributed by atoms with Crippen LogP contribution in [0.5, 0.6) is 0 Å². The first-order valence-electron chi connectivity index (χ1n) is 6.39. The number of likely N-dealkylation sites (tertiary alicyclic amines) is 1. The van der Waals surface area contributed by atoms with Crippen LogP contribution in [0.3, 0.4) is 0 Å². The van der Waals surface area contributed by atoms with Crippen LogP contribution in [0, 0.1) is 5.92 Å². The van der Waals surface area contributed by atoms with Crippen molar-refractivity contribution in [1.29, 1.82) is 0 Å². The predicted octanol–water partition coefficient (Wildman–Crippen LogP) is -1.78. The van der Waals surface area contributed by atoms with Gasteiger partial charge in [-0.15, -0.1) is 0 Å². The van der Waals surface area contributed by atoms with Crippen LogP contribution in [0.1, 0.15) is 12.8 Å². The van der Waals surface area contributed by atoms with Crippen LogP contribution in [0.4, 0.5) is 0 Å². The van der Waals surface area contributed by atoms with Gasteiger partial charge >= 0.3 is 0 Å². The Labute approximate surface area is 112 Å².